The van der Waals surface area contributed by atoms with Crippen molar-refractivity contribution in [2.75, 3.05) is 11.1 Å². The Labute approximate surface area is 217 Å². The first-order valence-electron chi connectivity index (χ1n) is 11.3. The number of hydrogen-bond acceptors (Lipinski definition) is 7. The lowest BCUT2D eigenvalue weighted by atomic mass is 10.1. The fraction of sp³-hybridized carbons (Fsp3) is 0.192. The third-order valence-electron chi connectivity index (χ3n) is 5.32. The number of carbonyl (C=O) groups is 2. The van der Waals surface area contributed by atoms with Crippen molar-refractivity contribution in [2.45, 2.75) is 32.1 Å². The molecule has 0 bridgehead atoms. The van der Waals surface area contributed by atoms with E-state index in [0.29, 0.717) is 28.2 Å². The van der Waals surface area contributed by atoms with Crippen molar-refractivity contribution in [3.63, 3.8) is 0 Å². The monoisotopic (exact) mass is 518 g/mol. The summed E-state index contributed by atoms with van der Waals surface area (Å²) in [7, 11) is 0. The summed E-state index contributed by atoms with van der Waals surface area (Å²) in [6, 6.07) is 17.3. The van der Waals surface area contributed by atoms with Crippen LogP contribution < -0.4 is 10.6 Å². The van der Waals surface area contributed by atoms with Crippen LogP contribution in [-0.2, 0) is 17.9 Å². The number of thioether (sulfide) groups is 1. The molecule has 0 saturated heterocycles. The molecule has 0 aliphatic heterocycles. The maximum Gasteiger partial charge on any atom is 0.251 e. The van der Waals surface area contributed by atoms with Gasteiger partial charge in [0.1, 0.15) is 0 Å². The van der Waals surface area contributed by atoms with Gasteiger partial charge in [-0.3, -0.25) is 9.59 Å². The quantitative estimate of drug-likeness (QED) is 0.230. The molecule has 8 nitrogen and oxygen atoms in total. The molecule has 2 N–H and O–H groups in total. The van der Waals surface area contributed by atoms with Gasteiger partial charge in [0.15, 0.2) is 16.1 Å². The van der Waals surface area contributed by atoms with Crippen LogP contribution in [0.1, 0.15) is 26.6 Å². The summed E-state index contributed by atoms with van der Waals surface area (Å²) in [6.07, 6.45) is 1.73. The fourth-order valence-electron chi connectivity index (χ4n) is 3.55. The van der Waals surface area contributed by atoms with Crippen molar-refractivity contribution in [1.29, 1.82) is 0 Å². The van der Waals surface area contributed by atoms with Crippen LogP contribution in [0.2, 0.25) is 0 Å². The summed E-state index contributed by atoms with van der Waals surface area (Å²) in [5.74, 6) is 0.367. The second-order valence-corrected chi connectivity index (χ2v) is 10.1. The summed E-state index contributed by atoms with van der Waals surface area (Å²) in [4.78, 5) is 30.8. The van der Waals surface area contributed by atoms with Gasteiger partial charge < -0.3 is 15.2 Å². The Kier molecular flexibility index (Phi) is 8.29. The van der Waals surface area contributed by atoms with E-state index >= 15 is 0 Å². The van der Waals surface area contributed by atoms with Crippen LogP contribution in [0.3, 0.4) is 0 Å². The minimum atomic E-state index is -0.184. The molecule has 0 radical (unpaired) electrons. The van der Waals surface area contributed by atoms with Crippen LogP contribution in [0.4, 0.5) is 5.13 Å². The molecular formula is C26H26N6O2S2. The Morgan fingerprint density at radius 1 is 1.08 bits per heavy atom. The number of rotatable bonds is 10. The number of allylic oxidation sites excluding steroid dienone is 1. The molecule has 0 atom stereocenters. The lowest BCUT2D eigenvalue weighted by molar-refractivity contribution is -0.113. The number of anilines is 1. The highest BCUT2D eigenvalue weighted by Gasteiger charge is 2.17. The molecule has 0 aliphatic carbocycles. The lowest BCUT2D eigenvalue weighted by Gasteiger charge is -2.09. The lowest BCUT2D eigenvalue weighted by Crippen LogP contribution is -2.25. The molecule has 0 aliphatic rings. The molecule has 0 spiro atoms. The van der Waals surface area contributed by atoms with E-state index in [1.165, 1.54) is 23.1 Å². The predicted octanol–water partition coefficient (Wildman–Crippen LogP) is 4.87. The number of amides is 2. The summed E-state index contributed by atoms with van der Waals surface area (Å²) in [6.45, 7) is 8.35. The van der Waals surface area contributed by atoms with Gasteiger partial charge in [-0.15, -0.1) is 28.1 Å². The fourth-order valence-corrected chi connectivity index (χ4v) is 5.17. The van der Waals surface area contributed by atoms with Crippen molar-refractivity contribution in [2.24, 2.45) is 0 Å². The van der Waals surface area contributed by atoms with E-state index in [9.17, 15) is 9.59 Å². The molecule has 36 heavy (non-hydrogen) atoms. The number of benzene rings is 2. The maximum atomic E-state index is 12.6. The number of nitrogens with one attached hydrogen (secondary N) is 2. The van der Waals surface area contributed by atoms with E-state index in [0.717, 1.165) is 21.7 Å². The number of thiazole rings is 1. The van der Waals surface area contributed by atoms with Gasteiger partial charge in [0.2, 0.25) is 5.91 Å². The Morgan fingerprint density at radius 2 is 1.83 bits per heavy atom. The van der Waals surface area contributed by atoms with Gasteiger partial charge >= 0.3 is 0 Å². The van der Waals surface area contributed by atoms with Crippen molar-refractivity contribution in [3.8, 4) is 11.3 Å². The van der Waals surface area contributed by atoms with Crippen LogP contribution in [0, 0.1) is 13.8 Å². The Bertz CT molecular complexity index is 1380. The van der Waals surface area contributed by atoms with Gasteiger partial charge in [0.25, 0.3) is 5.91 Å². The number of nitrogens with zero attached hydrogens (tertiary/aromatic N) is 4. The highest BCUT2D eigenvalue weighted by Crippen LogP contribution is 2.30. The van der Waals surface area contributed by atoms with Crippen LogP contribution in [0.5, 0.6) is 0 Å². The van der Waals surface area contributed by atoms with Gasteiger partial charge in [0.05, 0.1) is 18.0 Å². The normalized spacial score (nSPS) is 10.7. The molecule has 2 aromatic carbocycles. The molecule has 0 saturated carbocycles. The van der Waals surface area contributed by atoms with E-state index in [4.69, 9.17) is 0 Å². The summed E-state index contributed by atoms with van der Waals surface area (Å²) < 4.78 is 1.84. The van der Waals surface area contributed by atoms with Crippen molar-refractivity contribution in [1.82, 2.24) is 25.1 Å². The molecule has 0 unspecified atom stereocenters. The SMILES string of the molecule is C=CCn1c(CNC(=O)c2ccccc2C)nnc1SCC(=O)Nc1nc(-c2ccccc2)c(C)s1. The average molecular weight is 519 g/mol. The summed E-state index contributed by atoms with van der Waals surface area (Å²) in [5.41, 5.74) is 3.40. The first kappa shape index (κ1) is 25.3. The zero-order valence-electron chi connectivity index (χ0n) is 20.0. The average Bonchev–Trinajstić information content (AvgIpc) is 3.44. The van der Waals surface area contributed by atoms with Crippen molar-refractivity contribution in [3.05, 3.63) is 89.1 Å². The van der Waals surface area contributed by atoms with Gasteiger partial charge in [-0.25, -0.2) is 4.98 Å². The van der Waals surface area contributed by atoms with E-state index in [2.05, 4.69) is 32.4 Å². The van der Waals surface area contributed by atoms with Crippen LogP contribution in [-0.4, -0.2) is 37.3 Å². The predicted molar refractivity (Wildman–Crippen MR) is 144 cm³/mol. The van der Waals surface area contributed by atoms with Gasteiger partial charge in [-0.05, 0) is 25.5 Å². The van der Waals surface area contributed by atoms with Gasteiger partial charge in [0, 0.05) is 22.5 Å². The molecule has 0 fully saturated rings. The second-order valence-electron chi connectivity index (χ2n) is 7.92. The van der Waals surface area contributed by atoms with Gasteiger partial charge in [-0.1, -0.05) is 66.4 Å². The third-order valence-corrected chi connectivity index (χ3v) is 7.18. The van der Waals surface area contributed by atoms with Crippen LogP contribution in [0.25, 0.3) is 11.3 Å². The number of hydrogen-bond donors (Lipinski definition) is 2. The van der Waals surface area contributed by atoms with E-state index in [1.54, 1.807) is 12.1 Å². The second kappa shape index (κ2) is 11.8. The molecule has 4 rings (SSSR count). The molecular weight excluding hydrogens is 492 g/mol. The highest BCUT2D eigenvalue weighted by atomic mass is 32.2. The van der Waals surface area contributed by atoms with E-state index in [1.807, 2.05) is 66.9 Å². The standard InChI is InChI=1S/C26H26N6O2S2/c1-4-14-32-21(15-27-24(34)20-13-9-8-10-17(20)2)30-31-26(32)35-16-22(33)28-25-29-23(18(3)36-25)19-11-6-5-7-12-19/h4-13H,1,14-16H2,2-3H3,(H,27,34)(H,28,29,33). The number of aromatic nitrogens is 4. The molecule has 10 heteroatoms. The topological polar surface area (TPSA) is 102 Å². The molecule has 2 amide bonds. The third kappa shape index (κ3) is 6.07. The number of carbonyl (C=O) groups excluding carboxylic acids is 2. The molecule has 4 aromatic rings. The molecule has 2 aromatic heterocycles. The smallest absolute Gasteiger partial charge is 0.251 e. The van der Waals surface area contributed by atoms with Crippen molar-refractivity contribution >= 4 is 40.0 Å². The Balaban J connectivity index is 1.37. The molecule has 2 heterocycles. The Hall–Kier alpha value is -3.76. The maximum absolute atomic E-state index is 12.6. The van der Waals surface area contributed by atoms with Crippen LogP contribution in [0.15, 0.2) is 72.4 Å². The first-order valence-corrected chi connectivity index (χ1v) is 13.1. The number of aryl methyl sites for hydroxylation is 2. The molecule has 184 valence electrons. The van der Waals surface area contributed by atoms with Gasteiger partial charge in [-0.2, -0.15) is 0 Å². The minimum absolute atomic E-state index is 0.143. The summed E-state index contributed by atoms with van der Waals surface area (Å²) in [5, 5.41) is 15.4. The minimum Gasteiger partial charge on any atom is -0.345 e. The zero-order valence-corrected chi connectivity index (χ0v) is 21.7. The highest BCUT2D eigenvalue weighted by molar-refractivity contribution is 7.99. The Morgan fingerprint density at radius 3 is 2.58 bits per heavy atom. The van der Waals surface area contributed by atoms with E-state index in [-0.39, 0.29) is 24.1 Å². The zero-order chi connectivity index (χ0) is 25.5. The van der Waals surface area contributed by atoms with Crippen molar-refractivity contribution < 1.29 is 9.59 Å². The summed E-state index contributed by atoms with van der Waals surface area (Å²) >= 11 is 2.71. The van der Waals surface area contributed by atoms with E-state index < -0.39 is 0 Å². The largest absolute Gasteiger partial charge is 0.345 e. The van der Waals surface area contributed by atoms with Crippen LogP contribution >= 0.6 is 23.1 Å². The first-order chi connectivity index (χ1) is 17.5.